The zero-order valence-corrected chi connectivity index (χ0v) is 17.7. The van der Waals surface area contributed by atoms with Crippen molar-refractivity contribution in [3.63, 3.8) is 0 Å². The maximum Gasteiger partial charge on any atom is 0.303 e. The Labute approximate surface area is 183 Å². The molecular formula is C22H22N2O6S. The lowest BCUT2D eigenvalue weighted by atomic mass is 10.2. The lowest BCUT2D eigenvalue weighted by molar-refractivity contribution is -0.138. The fourth-order valence-corrected chi connectivity index (χ4v) is 4.10. The molecule has 0 aromatic heterocycles. The smallest absolute Gasteiger partial charge is 0.303 e. The Kier molecular flexibility index (Phi) is 7.30. The highest BCUT2D eigenvalue weighted by molar-refractivity contribution is 8.00. The number of nitrogens with one attached hydrogen (secondary N) is 1. The number of ether oxygens (including phenoxy) is 1. The molecule has 31 heavy (non-hydrogen) atoms. The predicted octanol–water partition coefficient (Wildman–Crippen LogP) is 3.31. The Morgan fingerprint density at radius 3 is 2.39 bits per heavy atom. The number of carbonyl (C=O) groups is 4. The molecule has 162 valence electrons. The molecule has 1 aliphatic rings. The van der Waals surface area contributed by atoms with Crippen molar-refractivity contribution in [2.75, 3.05) is 16.8 Å². The molecule has 3 rings (SSSR count). The number of aliphatic carboxylic acids is 1. The van der Waals surface area contributed by atoms with Crippen molar-refractivity contribution in [2.24, 2.45) is 0 Å². The van der Waals surface area contributed by atoms with Gasteiger partial charge >= 0.3 is 5.97 Å². The van der Waals surface area contributed by atoms with Crippen LogP contribution in [-0.4, -0.2) is 40.7 Å². The van der Waals surface area contributed by atoms with Gasteiger partial charge in [-0.25, -0.2) is 4.90 Å². The Balaban J connectivity index is 1.60. The fraction of sp³-hybridized carbons (Fsp3) is 0.273. The Bertz CT molecular complexity index is 975. The predicted molar refractivity (Wildman–Crippen MR) is 116 cm³/mol. The number of carbonyl (C=O) groups excluding carboxylic acids is 3. The number of hydrogen-bond donors (Lipinski definition) is 2. The summed E-state index contributed by atoms with van der Waals surface area (Å²) in [5, 5.41) is 10.7. The van der Waals surface area contributed by atoms with Gasteiger partial charge in [-0.05, 0) is 55.5 Å². The molecule has 0 radical (unpaired) electrons. The van der Waals surface area contributed by atoms with Gasteiger partial charge in [-0.3, -0.25) is 19.2 Å². The van der Waals surface area contributed by atoms with E-state index in [4.69, 9.17) is 9.84 Å². The number of hydrogen-bond acceptors (Lipinski definition) is 6. The SMILES string of the molecule is CCOc1ccc(N2C(=O)C[C@@H](Sc3ccc(NC(=O)CCC(=O)O)cc3)C2=O)cc1. The number of rotatable bonds is 9. The molecule has 1 fully saturated rings. The second-order valence-corrected chi connectivity index (χ2v) is 8.05. The number of nitrogens with zero attached hydrogens (tertiary/aromatic N) is 1. The molecule has 8 nitrogen and oxygen atoms in total. The van der Waals surface area contributed by atoms with Gasteiger partial charge in [-0.2, -0.15) is 0 Å². The van der Waals surface area contributed by atoms with Crippen molar-refractivity contribution < 1.29 is 29.0 Å². The highest BCUT2D eigenvalue weighted by Gasteiger charge is 2.40. The van der Waals surface area contributed by atoms with Crippen LogP contribution in [0.2, 0.25) is 0 Å². The number of benzene rings is 2. The highest BCUT2D eigenvalue weighted by Crippen LogP contribution is 2.34. The van der Waals surface area contributed by atoms with Crippen LogP contribution in [0, 0.1) is 0 Å². The molecule has 9 heteroatoms. The van der Waals surface area contributed by atoms with Crippen LogP contribution in [-0.2, 0) is 19.2 Å². The second kappa shape index (κ2) is 10.1. The van der Waals surface area contributed by atoms with Crippen LogP contribution in [0.4, 0.5) is 11.4 Å². The van der Waals surface area contributed by atoms with Crippen LogP contribution < -0.4 is 15.0 Å². The van der Waals surface area contributed by atoms with Crippen LogP contribution in [0.25, 0.3) is 0 Å². The minimum atomic E-state index is -1.03. The number of anilines is 2. The van der Waals surface area contributed by atoms with Crippen molar-refractivity contribution in [2.45, 2.75) is 36.3 Å². The number of imide groups is 1. The third kappa shape index (κ3) is 5.85. The maximum atomic E-state index is 12.8. The van der Waals surface area contributed by atoms with E-state index in [9.17, 15) is 19.2 Å². The molecule has 2 aromatic rings. The van der Waals surface area contributed by atoms with Crippen molar-refractivity contribution >= 4 is 46.8 Å². The molecule has 0 saturated carbocycles. The zero-order chi connectivity index (χ0) is 22.4. The molecule has 1 heterocycles. The van der Waals surface area contributed by atoms with Crippen molar-refractivity contribution in [3.05, 3.63) is 48.5 Å². The molecule has 1 aliphatic heterocycles. The van der Waals surface area contributed by atoms with E-state index in [0.717, 1.165) is 4.90 Å². The summed E-state index contributed by atoms with van der Waals surface area (Å²) >= 11 is 1.29. The molecule has 2 N–H and O–H groups in total. The van der Waals surface area contributed by atoms with Gasteiger partial charge in [-0.15, -0.1) is 11.8 Å². The van der Waals surface area contributed by atoms with Gasteiger partial charge in [0.05, 0.1) is 24.0 Å². The molecular weight excluding hydrogens is 420 g/mol. The minimum Gasteiger partial charge on any atom is -0.494 e. The first kappa shape index (κ1) is 22.4. The average molecular weight is 442 g/mol. The first-order valence-corrected chi connectivity index (χ1v) is 10.6. The number of carboxylic acids is 1. The van der Waals surface area contributed by atoms with Crippen LogP contribution >= 0.6 is 11.8 Å². The van der Waals surface area contributed by atoms with E-state index in [2.05, 4.69) is 5.32 Å². The van der Waals surface area contributed by atoms with E-state index in [1.165, 1.54) is 16.7 Å². The van der Waals surface area contributed by atoms with E-state index >= 15 is 0 Å². The minimum absolute atomic E-state index is 0.102. The summed E-state index contributed by atoms with van der Waals surface area (Å²) in [6, 6.07) is 13.7. The number of thioether (sulfide) groups is 1. The topological polar surface area (TPSA) is 113 Å². The van der Waals surface area contributed by atoms with Gasteiger partial charge in [0.25, 0.3) is 0 Å². The largest absolute Gasteiger partial charge is 0.494 e. The van der Waals surface area contributed by atoms with Crippen LogP contribution in [0.5, 0.6) is 5.75 Å². The van der Waals surface area contributed by atoms with Crippen molar-refractivity contribution in [1.82, 2.24) is 0 Å². The van der Waals surface area contributed by atoms with Gasteiger partial charge in [0.2, 0.25) is 17.7 Å². The van der Waals surface area contributed by atoms with Gasteiger partial charge in [0.1, 0.15) is 5.75 Å². The first-order valence-electron chi connectivity index (χ1n) is 9.75. The van der Waals surface area contributed by atoms with Crippen LogP contribution in [0.15, 0.2) is 53.4 Å². The van der Waals surface area contributed by atoms with Gasteiger partial charge in [-0.1, -0.05) is 0 Å². The quantitative estimate of drug-likeness (QED) is 0.573. The number of carboxylic acid groups (broad SMARTS) is 1. The van der Waals surface area contributed by atoms with Crippen LogP contribution in [0.3, 0.4) is 0 Å². The lowest BCUT2D eigenvalue weighted by Gasteiger charge is -2.15. The molecule has 3 amide bonds. The zero-order valence-electron chi connectivity index (χ0n) is 16.9. The standard InChI is InChI=1S/C22H22N2O6S/c1-2-30-16-7-5-15(6-8-16)24-20(26)13-18(22(24)29)31-17-9-3-14(4-10-17)23-19(25)11-12-21(27)28/h3-10,18H,2,11-13H2,1H3,(H,23,25)(H,27,28)/t18-/m1/s1. The normalized spacial score (nSPS) is 15.8. The van der Waals surface area contributed by atoms with Gasteiger partial charge < -0.3 is 15.2 Å². The second-order valence-electron chi connectivity index (χ2n) is 6.77. The summed E-state index contributed by atoms with van der Waals surface area (Å²) in [5.74, 6) is -1.27. The summed E-state index contributed by atoms with van der Waals surface area (Å²) in [6.07, 6.45) is -0.237. The Morgan fingerprint density at radius 2 is 1.77 bits per heavy atom. The fourth-order valence-electron chi connectivity index (χ4n) is 3.05. The Hall–Kier alpha value is -3.33. The summed E-state index contributed by atoms with van der Waals surface area (Å²) < 4.78 is 5.39. The third-order valence-electron chi connectivity index (χ3n) is 4.49. The van der Waals surface area contributed by atoms with Crippen molar-refractivity contribution in [3.8, 4) is 5.75 Å². The van der Waals surface area contributed by atoms with E-state index in [1.54, 1.807) is 48.5 Å². The molecule has 1 atom stereocenters. The van der Waals surface area contributed by atoms with E-state index < -0.39 is 11.2 Å². The third-order valence-corrected chi connectivity index (χ3v) is 5.69. The molecule has 0 aliphatic carbocycles. The molecule has 0 unspecified atom stereocenters. The summed E-state index contributed by atoms with van der Waals surface area (Å²) in [4.78, 5) is 49.5. The summed E-state index contributed by atoms with van der Waals surface area (Å²) in [6.45, 7) is 2.41. The highest BCUT2D eigenvalue weighted by atomic mass is 32.2. The lowest BCUT2D eigenvalue weighted by Crippen LogP contribution is -2.31. The molecule has 1 saturated heterocycles. The van der Waals surface area contributed by atoms with E-state index in [1.807, 2.05) is 6.92 Å². The Morgan fingerprint density at radius 1 is 1.10 bits per heavy atom. The summed E-state index contributed by atoms with van der Waals surface area (Å²) in [5.41, 5.74) is 1.05. The first-order chi connectivity index (χ1) is 14.9. The average Bonchev–Trinajstić information content (AvgIpc) is 3.02. The van der Waals surface area contributed by atoms with Gasteiger partial charge in [0, 0.05) is 23.4 Å². The summed E-state index contributed by atoms with van der Waals surface area (Å²) in [7, 11) is 0. The maximum absolute atomic E-state index is 12.8. The van der Waals surface area contributed by atoms with Crippen LogP contribution in [0.1, 0.15) is 26.2 Å². The molecule has 0 spiro atoms. The van der Waals surface area contributed by atoms with E-state index in [0.29, 0.717) is 23.7 Å². The molecule has 2 aromatic carbocycles. The van der Waals surface area contributed by atoms with Crippen molar-refractivity contribution in [1.29, 1.82) is 0 Å². The molecule has 0 bridgehead atoms. The van der Waals surface area contributed by atoms with Gasteiger partial charge in [0.15, 0.2) is 0 Å². The number of amides is 3. The van der Waals surface area contributed by atoms with E-state index in [-0.39, 0.29) is 37.0 Å². The monoisotopic (exact) mass is 442 g/mol.